The Kier molecular flexibility index (Phi) is 3.87. The molecule has 0 aliphatic heterocycles. The zero-order chi connectivity index (χ0) is 10.2. The summed E-state index contributed by atoms with van der Waals surface area (Å²) in [4.78, 5) is 13.2. The van der Waals surface area contributed by atoms with E-state index in [1.54, 1.807) is 6.07 Å². The highest BCUT2D eigenvalue weighted by atomic mass is 16.1. The fourth-order valence-corrected chi connectivity index (χ4v) is 0.711. The minimum Gasteiger partial charge on any atom is -0.368 e. The van der Waals surface area contributed by atoms with Crippen LogP contribution in [0, 0.1) is 0 Å². The molecule has 0 saturated carbocycles. The average Bonchev–Trinajstić information content (AvgIpc) is 2.77. The Bertz CT molecular complexity index is 340. The molecule has 14 heavy (non-hydrogen) atoms. The second kappa shape index (κ2) is 5.47. The molecule has 0 fully saturated rings. The number of nitrogens with two attached hydrogens (primary N) is 1. The van der Waals surface area contributed by atoms with Crippen LogP contribution in [0.15, 0.2) is 42.9 Å². The average molecular weight is 190 g/mol. The number of carbonyl (C=O) groups excluding carboxylic acids is 1. The third kappa shape index (κ3) is 3.48. The minimum atomic E-state index is -0.553. The molecule has 72 valence electrons. The number of rotatable bonds is 1. The van der Waals surface area contributed by atoms with E-state index in [4.69, 9.17) is 5.73 Å². The number of amides is 1. The highest BCUT2D eigenvalue weighted by molar-refractivity contribution is 5.90. The van der Waals surface area contributed by atoms with E-state index in [1.165, 1.54) is 12.3 Å². The Morgan fingerprint density at radius 2 is 2.00 bits per heavy atom. The summed E-state index contributed by atoms with van der Waals surface area (Å²) in [7, 11) is 0. The summed E-state index contributed by atoms with van der Waals surface area (Å²) >= 11 is 0. The monoisotopic (exact) mass is 190 g/mol. The summed E-state index contributed by atoms with van der Waals surface area (Å²) in [5.41, 5.74) is 5.06. The van der Waals surface area contributed by atoms with Crippen LogP contribution in [0.3, 0.4) is 0 Å². The summed E-state index contributed by atoms with van der Waals surface area (Å²) in [6, 6.07) is 7.00. The Balaban J connectivity index is 0.000000165. The SMILES string of the molecule is NC(=O)c1cccnn1.c1cc[nH]c1. The molecule has 0 radical (unpaired) electrons. The van der Waals surface area contributed by atoms with Gasteiger partial charge in [0.15, 0.2) is 5.69 Å². The predicted octanol–water partition coefficient (Wildman–Crippen LogP) is 0.590. The summed E-state index contributed by atoms with van der Waals surface area (Å²) in [6.07, 6.45) is 5.23. The molecule has 0 aromatic carbocycles. The molecule has 2 heterocycles. The number of hydrogen-bond donors (Lipinski definition) is 2. The van der Waals surface area contributed by atoms with Gasteiger partial charge in [-0.1, -0.05) is 0 Å². The van der Waals surface area contributed by atoms with Crippen LogP contribution in [0.4, 0.5) is 0 Å². The van der Waals surface area contributed by atoms with Gasteiger partial charge in [-0.05, 0) is 24.3 Å². The smallest absolute Gasteiger partial charge is 0.269 e. The zero-order valence-electron chi connectivity index (χ0n) is 7.42. The van der Waals surface area contributed by atoms with Gasteiger partial charge in [-0.15, -0.1) is 5.10 Å². The van der Waals surface area contributed by atoms with Gasteiger partial charge in [0.2, 0.25) is 0 Å². The second-order valence-electron chi connectivity index (χ2n) is 2.36. The number of aromatic amines is 1. The van der Waals surface area contributed by atoms with E-state index in [9.17, 15) is 4.79 Å². The lowest BCUT2D eigenvalue weighted by Crippen LogP contribution is -2.12. The molecule has 1 amide bonds. The fraction of sp³-hybridized carbons (Fsp3) is 0. The number of H-pyrrole nitrogens is 1. The normalized spacial score (nSPS) is 8.57. The lowest BCUT2D eigenvalue weighted by molar-refractivity contribution is 0.0994. The minimum absolute atomic E-state index is 0.192. The van der Waals surface area contributed by atoms with E-state index in [0.717, 1.165) is 0 Å². The maximum atomic E-state index is 10.3. The molecule has 0 bridgehead atoms. The molecule has 2 aromatic rings. The first-order valence-electron chi connectivity index (χ1n) is 3.96. The van der Waals surface area contributed by atoms with Gasteiger partial charge >= 0.3 is 0 Å². The Hall–Kier alpha value is -2.17. The van der Waals surface area contributed by atoms with Gasteiger partial charge in [0.1, 0.15) is 0 Å². The van der Waals surface area contributed by atoms with E-state index in [-0.39, 0.29) is 5.69 Å². The van der Waals surface area contributed by atoms with E-state index in [0.29, 0.717) is 0 Å². The van der Waals surface area contributed by atoms with Crippen molar-refractivity contribution in [2.24, 2.45) is 5.73 Å². The fourth-order valence-electron chi connectivity index (χ4n) is 0.711. The first kappa shape index (κ1) is 9.91. The lowest BCUT2D eigenvalue weighted by Gasteiger charge is -1.87. The van der Waals surface area contributed by atoms with Gasteiger partial charge < -0.3 is 10.7 Å². The number of hydrogen-bond acceptors (Lipinski definition) is 3. The maximum Gasteiger partial charge on any atom is 0.269 e. The third-order valence-corrected chi connectivity index (χ3v) is 1.32. The first-order valence-corrected chi connectivity index (χ1v) is 3.96. The third-order valence-electron chi connectivity index (χ3n) is 1.32. The topological polar surface area (TPSA) is 84.7 Å². The van der Waals surface area contributed by atoms with Gasteiger partial charge in [-0.2, -0.15) is 5.10 Å². The molecule has 0 unspecified atom stereocenters. The van der Waals surface area contributed by atoms with Crippen LogP contribution < -0.4 is 5.73 Å². The second-order valence-corrected chi connectivity index (χ2v) is 2.36. The van der Waals surface area contributed by atoms with E-state index in [1.807, 2.05) is 24.5 Å². The Morgan fingerprint density at radius 1 is 1.29 bits per heavy atom. The van der Waals surface area contributed by atoms with Crippen LogP contribution >= 0.6 is 0 Å². The van der Waals surface area contributed by atoms with Crippen molar-refractivity contribution in [1.29, 1.82) is 0 Å². The Morgan fingerprint density at radius 3 is 2.29 bits per heavy atom. The van der Waals surface area contributed by atoms with Crippen molar-refractivity contribution >= 4 is 5.91 Å². The van der Waals surface area contributed by atoms with Gasteiger partial charge in [0.05, 0.1) is 0 Å². The van der Waals surface area contributed by atoms with E-state index < -0.39 is 5.91 Å². The summed E-state index contributed by atoms with van der Waals surface area (Å²) in [5, 5.41) is 6.91. The van der Waals surface area contributed by atoms with Crippen molar-refractivity contribution in [2.45, 2.75) is 0 Å². The van der Waals surface area contributed by atoms with Gasteiger partial charge in [-0.3, -0.25) is 4.79 Å². The number of nitrogens with zero attached hydrogens (tertiary/aromatic N) is 2. The molecule has 2 rings (SSSR count). The molecule has 5 heteroatoms. The molecular weight excluding hydrogens is 180 g/mol. The number of primary amides is 1. The van der Waals surface area contributed by atoms with E-state index >= 15 is 0 Å². The quantitative estimate of drug-likeness (QED) is 0.690. The number of nitrogens with one attached hydrogen (secondary N) is 1. The summed E-state index contributed by atoms with van der Waals surface area (Å²) < 4.78 is 0. The molecule has 3 N–H and O–H groups in total. The van der Waals surface area contributed by atoms with Crippen LogP contribution in [0.2, 0.25) is 0 Å². The molecule has 0 aliphatic carbocycles. The number of aromatic nitrogens is 3. The molecule has 0 spiro atoms. The maximum absolute atomic E-state index is 10.3. The summed E-state index contributed by atoms with van der Waals surface area (Å²) in [5.74, 6) is -0.553. The van der Waals surface area contributed by atoms with Crippen LogP contribution in [0.1, 0.15) is 10.5 Å². The van der Waals surface area contributed by atoms with Gasteiger partial charge in [-0.25, -0.2) is 0 Å². The molecule has 0 atom stereocenters. The lowest BCUT2D eigenvalue weighted by atomic mass is 10.4. The molecule has 0 saturated heterocycles. The molecule has 0 aliphatic rings. The van der Waals surface area contributed by atoms with Crippen molar-refractivity contribution in [3.8, 4) is 0 Å². The van der Waals surface area contributed by atoms with Crippen molar-refractivity contribution in [3.05, 3.63) is 48.5 Å². The van der Waals surface area contributed by atoms with Crippen molar-refractivity contribution in [3.63, 3.8) is 0 Å². The van der Waals surface area contributed by atoms with Crippen molar-refractivity contribution in [2.75, 3.05) is 0 Å². The van der Waals surface area contributed by atoms with Crippen molar-refractivity contribution in [1.82, 2.24) is 15.2 Å². The van der Waals surface area contributed by atoms with E-state index in [2.05, 4.69) is 15.2 Å². The molecule has 5 nitrogen and oxygen atoms in total. The largest absolute Gasteiger partial charge is 0.368 e. The highest BCUT2D eigenvalue weighted by Crippen LogP contribution is 1.86. The van der Waals surface area contributed by atoms with Crippen LogP contribution in [0.25, 0.3) is 0 Å². The van der Waals surface area contributed by atoms with Crippen LogP contribution in [0.5, 0.6) is 0 Å². The van der Waals surface area contributed by atoms with Crippen LogP contribution in [-0.4, -0.2) is 21.1 Å². The zero-order valence-corrected chi connectivity index (χ0v) is 7.42. The van der Waals surface area contributed by atoms with Crippen molar-refractivity contribution < 1.29 is 4.79 Å². The highest BCUT2D eigenvalue weighted by Gasteiger charge is 1.97. The molecular formula is C9H10N4O. The van der Waals surface area contributed by atoms with Crippen LogP contribution in [-0.2, 0) is 0 Å². The number of carbonyl (C=O) groups is 1. The molecule has 2 aromatic heterocycles. The summed E-state index contributed by atoms with van der Waals surface area (Å²) in [6.45, 7) is 0. The Labute approximate surface area is 81.0 Å². The first-order chi connectivity index (χ1) is 6.80. The van der Waals surface area contributed by atoms with Gasteiger partial charge in [0, 0.05) is 18.6 Å². The predicted molar refractivity (Wildman–Crippen MR) is 51.3 cm³/mol. The standard InChI is InChI=1S/C5H5N3O.C4H5N/c6-5(9)4-2-1-3-7-8-4;1-2-4-5-3-1/h1-3H,(H2,6,9);1-5H. The van der Waals surface area contributed by atoms with Gasteiger partial charge in [0.25, 0.3) is 5.91 Å².